The van der Waals surface area contributed by atoms with Crippen molar-refractivity contribution >= 4 is 29.1 Å². The van der Waals surface area contributed by atoms with Crippen LogP contribution in [0.3, 0.4) is 0 Å². The lowest BCUT2D eigenvalue weighted by molar-refractivity contribution is -0.128. The number of amides is 2. The van der Waals surface area contributed by atoms with Gasteiger partial charge in [0.25, 0.3) is 0 Å². The van der Waals surface area contributed by atoms with E-state index in [0.717, 1.165) is 13.0 Å². The average Bonchev–Trinajstić information content (AvgIpc) is 3.05. The largest absolute Gasteiger partial charge is 0.370 e. The van der Waals surface area contributed by atoms with Crippen molar-refractivity contribution in [1.29, 1.82) is 0 Å². The van der Waals surface area contributed by atoms with Gasteiger partial charge in [0.05, 0.1) is 5.75 Å². The number of aromatic nitrogens is 3. The molecule has 8 heteroatoms. The number of rotatable bonds is 7. The molecule has 0 unspecified atom stereocenters. The quantitative estimate of drug-likeness (QED) is 0.731. The maximum atomic E-state index is 12.5. The van der Waals surface area contributed by atoms with Gasteiger partial charge in [0.15, 0.2) is 5.16 Å². The van der Waals surface area contributed by atoms with Crippen molar-refractivity contribution in [2.24, 2.45) is 12.8 Å². The highest BCUT2D eigenvalue weighted by Gasteiger charge is 2.19. The number of carbonyl (C=O) groups excluding carboxylic acids is 2. The molecule has 0 bridgehead atoms. The van der Waals surface area contributed by atoms with E-state index in [0.29, 0.717) is 29.7 Å². The predicted octanol–water partition coefficient (Wildman–Crippen LogP) is 1.64. The Kier molecular flexibility index (Phi) is 6.28. The fourth-order valence-corrected chi connectivity index (χ4v) is 3.78. The number of thioether (sulfide) groups is 1. The molecule has 1 aliphatic heterocycles. The van der Waals surface area contributed by atoms with Crippen molar-refractivity contribution in [2.45, 2.75) is 24.4 Å². The Hall–Kier alpha value is -2.61. The summed E-state index contributed by atoms with van der Waals surface area (Å²) in [7, 11) is 1.83. The van der Waals surface area contributed by atoms with Crippen LogP contribution in [0.15, 0.2) is 41.6 Å². The Morgan fingerprint density at radius 3 is 2.67 bits per heavy atom. The standard InChI is InChI=1S/C19H23N5O2S/c1-23-17(8-7-16(20)25)21-22-19(23)27-13-18(26)24-11-9-15(10-12-24)14-5-3-2-4-6-14/h2-6,9H,7-8,10-13H2,1H3,(H2,20,25). The summed E-state index contributed by atoms with van der Waals surface area (Å²) in [6.45, 7) is 1.36. The molecule has 0 fully saturated rings. The zero-order valence-corrected chi connectivity index (χ0v) is 16.1. The van der Waals surface area contributed by atoms with Crippen molar-refractivity contribution in [3.05, 3.63) is 47.8 Å². The van der Waals surface area contributed by atoms with E-state index < -0.39 is 0 Å². The number of nitrogens with zero attached hydrogens (tertiary/aromatic N) is 4. The third kappa shape index (κ3) is 4.97. The Morgan fingerprint density at radius 1 is 1.22 bits per heavy atom. The summed E-state index contributed by atoms with van der Waals surface area (Å²) in [4.78, 5) is 25.3. The SMILES string of the molecule is Cn1c(CCC(N)=O)nnc1SCC(=O)N1CC=C(c2ccccc2)CC1. The van der Waals surface area contributed by atoms with E-state index in [9.17, 15) is 9.59 Å². The number of hydrogen-bond acceptors (Lipinski definition) is 5. The van der Waals surface area contributed by atoms with E-state index in [1.165, 1.54) is 22.9 Å². The lowest BCUT2D eigenvalue weighted by Crippen LogP contribution is -2.35. The van der Waals surface area contributed by atoms with Crippen LogP contribution >= 0.6 is 11.8 Å². The predicted molar refractivity (Wildman–Crippen MR) is 105 cm³/mol. The maximum absolute atomic E-state index is 12.5. The van der Waals surface area contributed by atoms with Gasteiger partial charge in [0.2, 0.25) is 11.8 Å². The smallest absolute Gasteiger partial charge is 0.233 e. The van der Waals surface area contributed by atoms with Crippen molar-refractivity contribution < 1.29 is 9.59 Å². The topological polar surface area (TPSA) is 94.1 Å². The molecular weight excluding hydrogens is 362 g/mol. The third-order valence-corrected chi connectivity index (χ3v) is 5.56. The minimum absolute atomic E-state index is 0.0880. The summed E-state index contributed by atoms with van der Waals surface area (Å²) in [5.74, 6) is 0.730. The molecule has 2 N–H and O–H groups in total. The van der Waals surface area contributed by atoms with Crippen molar-refractivity contribution in [2.75, 3.05) is 18.8 Å². The molecule has 0 saturated heterocycles. The van der Waals surface area contributed by atoms with Gasteiger partial charge in [-0.25, -0.2) is 0 Å². The van der Waals surface area contributed by atoms with Crippen molar-refractivity contribution in [3.8, 4) is 0 Å². The number of aryl methyl sites for hydroxylation is 1. The first-order valence-electron chi connectivity index (χ1n) is 8.86. The van der Waals surface area contributed by atoms with Crippen LogP contribution in [0, 0.1) is 0 Å². The molecule has 27 heavy (non-hydrogen) atoms. The van der Waals surface area contributed by atoms with Gasteiger partial charge in [0.1, 0.15) is 5.82 Å². The molecular formula is C19H23N5O2S. The molecule has 7 nitrogen and oxygen atoms in total. The maximum Gasteiger partial charge on any atom is 0.233 e. The van der Waals surface area contributed by atoms with E-state index in [1.807, 2.05) is 34.7 Å². The van der Waals surface area contributed by atoms with E-state index in [4.69, 9.17) is 5.73 Å². The van der Waals surface area contributed by atoms with Gasteiger partial charge in [-0.3, -0.25) is 9.59 Å². The molecule has 1 aromatic heterocycles. The molecule has 2 heterocycles. The first-order chi connectivity index (χ1) is 13.0. The Bertz CT molecular complexity index is 847. The molecule has 0 atom stereocenters. The highest BCUT2D eigenvalue weighted by atomic mass is 32.2. The summed E-state index contributed by atoms with van der Waals surface area (Å²) in [6, 6.07) is 10.3. The van der Waals surface area contributed by atoms with Crippen LogP contribution < -0.4 is 5.73 Å². The van der Waals surface area contributed by atoms with E-state index in [2.05, 4.69) is 28.4 Å². The molecule has 0 radical (unpaired) electrons. The van der Waals surface area contributed by atoms with Crippen LogP contribution in [0.5, 0.6) is 0 Å². The summed E-state index contributed by atoms with van der Waals surface area (Å²) in [5, 5.41) is 8.84. The molecule has 0 saturated carbocycles. The fraction of sp³-hybridized carbons (Fsp3) is 0.368. The third-order valence-electron chi connectivity index (χ3n) is 4.55. The molecule has 1 aromatic carbocycles. The zero-order chi connectivity index (χ0) is 19.2. The van der Waals surface area contributed by atoms with Gasteiger partial charge >= 0.3 is 0 Å². The van der Waals surface area contributed by atoms with Gasteiger partial charge in [-0.05, 0) is 17.6 Å². The highest BCUT2D eigenvalue weighted by molar-refractivity contribution is 7.99. The van der Waals surface area contributed by atoms with Crippen LogP contribution in [0.1, 0.15) is 24.2 Å². The number of carbonyl (C=O) groups is 2. The summed E-state index contributed by atoms with van der Waals surface area (Å²) in [6.07, 6.45) is 3.68. The molecule has 0 spiro atoms. The first kappa shape index (κ1) is 19.2. The van der Waals surface area contributed by atoms with Gasteiger partial charge in [-0.2, -0.15) is 0 Å². The van der Waals surface area contributed by atoms with Gasteiger partial charge in [-0.1, -0.05) is 48.2 Å². The Balaban J connectivity index is 1.52. The van der Waals surface area contributed by atoms with Gasteiger partial charge in [0, 0.05) is 33.0 Å². The second-order valence-corrected chi connectivity index (χ2v) is 7.34. The zero-order valence-electron chi connectivity index (χ0n) is 15.3. The number of primary amides is 1. The molecule has 1 aliphatic rings. The van der Waals surface area contributed by atoms with Crippen LogP contribution in [0.4, 0.5) is 0 Å². The molecule has 2 amide bonds. The van der Waals surface area contributed by atoms with Gasteiger partial charge in [-0.15, -0.1) is 10.2 Å². The van der Waals surface area contributed by atoms with Crippen LogP contribution in [-0.2, 0) is 23.1 Å². The van der Waals surface area contributed by atoms with Gasteiger partial charge < -0.3 is 15.2 Å². The normalized spacial score (nSPS) is 14.1. The average molecular weight is 385 g/mol. The lowest BCUT2D eigenvalue weighted by Gasteiger charge is -2.26. The Morgan fingerprint density at radius 2 is 2.00 bits per heavy atom. The van der Waals surface area contributed by atoms with Crippen LogP contribution in [0.2, 0.25) is 0 Å². The lowest BCUT2D eigenvalue weighted by atomic mass is 10.00. The van der Waals surface area contributed by atoms with E-state index >= 15 is 0 Å². The fourth-order valence-electron chi connectivity index (χ4n) is 2.95. The number of nitrogens with two attached hydrogens (primary N) is 1. The number of hydrogen-bond donors (Lipinski definition) is 1. The minimum atomic E-state index is -0.365. The first-order valence-corrected chi connectivity index (χ1v) is 9.84. The molecule has 3 rings (SSSR count). The number of benzene rings is 1. The molecule has 142 valence electrons. The van der Waals surface area contributed by atoms with E-state index in [-0.39, 0.29) is 18.2 Å². The molecule has 2 aromatic rings. The van der Waals surface area contributed by atoms with E-state index in [1.54, 1.807) is 0 Å². The molecule has 0 aliphatic carbocycles. The van der Waals surface area contributed by atoms with Crippen molar-refractivity contribution in [1.82, 2.24) is 19.7 Å². The monoisotopic (exact) mass is 385 g/mol. The second-order valence-electron chi connectivity index (χ2n) is 6.40. The highest BCUT2D eigenvalue weighted by Crippen LogP contribution is 2.23. The van der Waals surface area contributed by atoms with Crippen LogP contribution in [-0.4, -0.2) is 50.3 Å². The van der Waals surface area contributed by atoms with Crippen LogP contribution in [0.25, 0.3) is 5.57 Å². The Labute approximate surface area is 162 Å². The summed E-state index contributed by atoms with van der Waals surface area (Å²) in [5.41, 5.74) is 7.68. The summed E-state index contributed by atoms with van der Waals surface area (Å²) < 4.78 is 1.81. The second kappa shape index (κ2) is 8.85. The van der Waals surface area contributed by atoms with Crippen molar-refractivity contribution in [3.63, 3.8) is 0 Å². The summed E-state index contributed by atoms with van der Waals surface area (Å²) >= 11 is 1.36. The minimum Gasteiger partial charge on any atom is -0.370 e.